The number of hydrogen-bond donors (Lipinski definition) is 1. The highest BCUT2D eigenvalue weighted by Crippen LogP contribution is 2.31. The van der Waals surface area contributed by atoms with Gasteiger partial charge in [-0.2, -0.15) is 0 Å². The van der Waals surface area contributed by atoms with Gasteiger partial charge in [0.05, 0.1) is 20.2 Å². The largest absolute Gasteiger partial charge is 0.497 e. The van der Waals surface area contributed by atoms with Crippen LogP contribution in [0.25, 0.3) is 0 Å². The van der Waals surface area contributed by atoms with Gasteiger partial charge in [-0.15, -0.1) is 0 Å². The van der Waals surface area contributed by atoms with Crippen LogP contribution in [0.2, 0.25) is 0 Å². The Balaban J connectivity index is 1.28. The number of nitrogens with one attached hydrogen (secondary N) is 1. The zero-order valence-electron chi connectivity index (χ0n) is 26.9. The average Bonchev–Trinajstić information content (AvgIpc) is 3.10. The van der Waals surface area contributed by atoms with E-state index < -0.39 is 12.2 Å². The number of hydrazine groups is 1. The second-order valence-corrected chi connectivity index (χ2v) is 12.1. The predicted molar refractivity (Wildman–Crippen MR) is 180 cm³/mol. The van der Waals surface area contributed by atoms with Crippen LogP contribution in [0, 0.1) is 0 Å². The smallest absolute Gasteiger partial charge is 0.334 e. The first kappa shape index (κ1) is 31.8. The molecule has 2 aliphatic heterocycles. The third kappa shape index (κ3) is 7.15. The van der Waals surface area contributed by atoms with Crippen molar-refractivity contribution in [1.82, 2.24) is 25.1 Å². The molecule has 242 valence electrons. The van der Waals surface area contributed by atoms with Crippen molar-refractivity contribution in [3.63, 3.8) is 0 Å². The monoisotopic (exact) mass is 631 g/mol. The van der Waals surface area contributed by atoms with Crippen LogP contribution >= 0.6 is 0 Å². The van der Waals surface area contributed by atoms with E-state index in [2.05, 4.69) is 29.6 Å². The molecule has 0 radical (unpaired) electrons. The van der Waals surface area contributed by atoms with Crippen LogP contribution in [-0.2, 0) is 22.6 Å². The van der Waals surface area contributed by atoms with Crippen molar-refractivity contribution < 1.29 is 19.1 Å². The first-order valence-corrected chi connectivity index (χ1v) is 16.1. The number of likely N-dealkylation sites (N-methyl/N-ethyl adjacent to an activating group) is 1. The molecule has 4 amide bonds. The Labute approximate surface area is 276 Å². The lowest BCUT2D eigenvalue weighted by Gasteiger charge is -2.54. The van der Waals surface area contributed by atoms with Crippen molar-refractivity contribution in [2.45, 2.75) is 37.5 Å². The Morgan fingerprint density at radius 2 is 1.43 bits per heavy atom. The fourth-order valence-corrected chi connectivity index (χ4v) is 6.73. The molecule has 2 saturated heterocycles. The first-order chi connectivity index (χ1) is 22.9. The summed E-state index contributed by atoms with van der Waals surface area (Å²) in [6.45, 7) is 0.990. The van der Waals surface area contributed by atoms with Gasteiger partial charge in [-0.3, -0.25) is 9.59 Å². The Morgan fingerprint density at radius 1 is 0.830 bits per heavy atom. The maximum absolute atomic E-state index is 14.3. The third-order valence-electron chi connectivity index (χ3n) is 9.11. The molecule has 6 rings (SSSR count). The summed E-state index contributed by atoms with van der Waals surface area (Å²) in [6, 6.07) is 36.9. The summed E-state index contributed by atoms with van der Waals surface area (Å²) >= 11 is 0. The number of rotatable bonds is 10. The summed E-state index contributed by atoms with van der Waals surface area (Å²) in [4.78, 5) is 45.4. The van der Waals surface area contributed by atoms with Crippen LogP contribution in [-0.4, -0.2) is 83.7 Å². The predicted octanol–water partition coefficient (Wildman–Crippen LogP) is 4.90. The van der Waals surface area contributed by atoms with Crippen molar-refractivity contribution in [1.29, 1.82) is 0 Å². The van der Waals surface area contributed by atoms with E-state index in [0.29, 0.717) is 25.9 Å². The van der Waals surface area contributed by atoms with Crippen molar-refractivity contribution in [3.8, 4) is 5.75 Å². The van der Waals surface area contributed by atoms with Gasteiger partial charge in [-0.1, -0.05) is 103 Å². The standard InChI is InChI=1S/C38H41N5O4/c1-40-27-36(44)42-34(24-28-12-6-3-7-13-28)37(45)41(23-22-33(30-14-8-4-9-15-30)31-16-10-5-11-17-31)26-35(42)43(40)38(46)39-25-29-18-20-32(47-2)21-19-29/h3-21,33-35H,22-27H2,1-2H3,(H,39,46)/t34-,35-/m0/s1. The van der Waals surface area contributed by atoms with Crippen molar-refractivity contribution in [3.05, 3.63) is 138 Å². The van der Waals surface area contributed by atoms with Gasteiger partial charge < -0.3 is 19.9 Å². The zero-order chi connectivity index (χ0) is 32.8. The lowest BCUT2D eigenvalue weighted by atomic mass is 9.88. The van der Waals surface area contributed by atoms with Gasteiger partial charge in [0.2, 0.25) is 11.8 Å². The number of benzene rings is 4. The molecule has 2 aliphatic rings. The molecule has 0 saturated carbocycles. The highest BCUT2D eigenvalue weighted by molar-refractivity contribution is 5.91. The van der Waals surface area contributed by atoms with Crippen LogP contribution in [0.3, 0.4) is 0 Å². The Morgan fingerprint density at radius 3 is 2.02 bits per heavy atom. The number of urea groups is 1. The number of piperazine rings is 1. The highest BCUT2D eigenvalue weighted by Gasteiger charge is 2.50. The summed E-state index contributed by atoms with van der Waals surface area (Å²) < 4.78 is 5.26. The molecule has 2 atom stereocenters. The van der Waals surface area contributed by atoms with E-state index in [0.717, 1.165) is 16.9 Å². The maximum Gasteiger partial charge on any atom is 0.334 e. The van der Waals surface area contributed by atoms with E-state index in [4.69, 9.17) is 4.74 Å². The Hall–Kier alpha value is -5.15. The van der Waals surface area contributed by atoms with Gasteiger partial charge in [-0.05, 0) is 40.8 Å². The van der Waals surface area contributed by atoms with Gasteiger partial charge in [0.1, 0.15) is 18.0 Å². The SMILES string of the molecule is COc1ccc(CNC(=O)N2[C@H]3CN(CCC(c4ccccc4)c4ccccc4)C(=O)[C@H](Cc4ccccc4)N3C(=O)CN2C)cc1. The molecule has 47 heavy (non-hydrogen) atoms. The third-order valence-corrected chi connectivity index (χ3v) is 9.11. The lowest BCUT2D eigenvalue weighted by Crippen LogP contribution is -2.76. The molecular formula is C38H41N5O4. The number of fused-ring (bicyclic) bond motifs is 1. The zero-order valence-corrected chi connectivity index (χ0v) is 26.9. The molecule has 0 unspecified atom stereocenters. The van der Waals surface area contributed by atoms with E-state index in [9.17, 15) is 14.4 Å². The minimum Gasteiger partial charge on any atom is -0.497 e. The second-order valence-electron chi connectivity index (χ2n) is 12.1. The summed E-state index contributed by atoms with van der Waals surface area (Å²) in [5.74, 6) is 0.553. The number of methoxy groups -OCH3 is 1. The number of carbonyl (C=O) groups excluding carboxylic acids is 3. The van der Waals surface area contributed by atoms with Crippen LogP contribution < -0.4 is 10.1 Å². The Bertz CT molecular complexity index is 1610. The maximum atomic E-state index is 14.3. The van der Waals surface area contributed by atoms with E-state index in [1.807, 2.05) is 95.9 Å². The van der Waals surface area contributed by atoms with Gasteiger partial charge in [0.15, 0.2) is 0 Å². The van der Waals surface area contributed by atoms with Crippen LogP contribution in [0.4, 0.5) is 4.79 Å². The van der Waals surface area contributed by atoms with Gasteiger partial charge >= 0.3 is 6.03 Å². The Kier molecular flexibility index (Phi) is 9.83. The highest BCUT2D eigenvalue weighted by atomic mass is 16.5. The number of hydrogen-bond acceptors (Lipinski definition) is 5. The van der Waals surface area contributed by atoms with Crippen molar-refractivity contribution in [2.75, 3.05) is 33.8 Å². The lowest BCUT2D eigenvalue weighted by molar-refractivity contribution is -0.187. The van der Waals surface area contributed by atoms with E-state index in [1.165, 1.54) is 11.1 Å². The summed E-state index contributed by atoms with van der Waals surface area (Å²) in [5, 5.41) is 6.30. The molecule has 4 aromatic carbocycles. The number of nitrogens with zero attached hydrogens (tertiary/aromatic N) is 4. The molecule has 9 heteroatoms. The molecule has 2 heterocycles. The number of ether oxygens (including phenoxy) is 1. The summed E-state index contributed by atoms with van der Waals surface area (Å²) in [7, 11) is 3.36. The molecule has 4 aromatic rings. The average molecular weight is 632 g/mol. The topological polar surface area (TPSA) is 85.4 Å². The van der Waals surface area contributed by atoms with Crippen LogP contribution in [0.5, 0.6) is 5.75 Å². The van der Waals surface area contributed by atoms with Gasteiger partial charge in [0, 0.05) is 32.5 Å². The van der Waals surface area contributed by atoms with Gasteiger partial charge in [0.25, 0.3) is 0 Å². The molecule has 0 aromatic heterocycles. The number of carbonyl (C=O) groups is 3. The van der Waals surface area contributed by atoms with Crippen molar-refractivity contribution >= 4 is 17.8 Å². The normalized spacial score (nSPS) is 18.3. The molecule has 1 N–H and O–H groups in total. The number of amides is 4. The van der Waals surface area contributed by atoms with E-state index >= 15 is 0 Å². The van der Waals surface area contributed by atoms with Crippen molar-refractivity contribution in [2.24, 2.45) is 0 Å². The molecule has 0 spiro atoms. The van der Waals surface area contributed by atoms with Crippen LogP contribution in [0.1, 0.15) is 34.6 Å². The molecule has 0 aliphatic carbocycles. The fourth-order valence-electron chi connectivity index (χ4n) is 6.73. The molecule has 0 bridgehead atoms. The van der Waals surface area contributed by atoms with E-state index in [1.54, 1.807) is 29.1 Å². The quantitative estimate of drug-likeness (QED) is 0.269. The second kappa shape index (κ2) is 14.5. The molecular weight excluding hydrogens is 590 g/mol. The molecule has 9 nitrogen and oxygen atoms in total. The first-order valence-electron chi connectivity index (χ1n) is 16.1. The van der Waals surface area contributed by atoms with E-state index in [-0.39, 0.29) is 36.9 Å². The fraction of sp³-hybridized carbons (Fsp3) is 0.289. The van der Waals surface area contributed by atoms with Gasteiger partial charge in [-0.25, -0.2) is 14.8 Å². The minimum absolute atomic E-state index is 0.00485. The minimum atomic E-state index is -0.735. The summed E-state index contributed by atoms with van der Waals surface area (Å²) in [5.41, 5.74) is 4.23. The molecule has 2 fully saturated rings. The summed E-state index contributed by atoms with van der Waals surface area (Å²) in [6.07, 6.45) is 0.401. The van der Waals surface area contributed by atoms with Crippen LogP contribution in [0.15, 0.2) is 115 Å².